The quantitative estimate of drug-likeness (QED) is 0.855. The lowest BCUT2D eigenvalue weighted by Gasteiger charge is -2.18. The highest BCUT2D eigenvalue weighted by Gasteiger charge is 2.19. The molecule has 0 unspecified atom stereocenters. The zero-order valence-corrected chi connectivity index (χ0v) is 13.7. The lowest BCUT2D eigenvalue weighted by molar-refractivity contribution is 0.397. The number of aromatic nitrogens is 1. The van der Waals surface area contributed by atoms with Crippen LogP contribution >= 0.6 is 23.2 Å². The normalized spacial score (nSPS) is 12.5. The van der Waals surface area contributed by atoms with Crippen LogP contribution in [0, 0.1) is 12.3 Å². The first kappa shape index (κ1) is 16.5. The van der Waals surface area contributed by atoms with Crippen molar-refractivity contribution >= 4 is 38.9 Å². The molecule has 0 fully saturated rings. The smallest absolute Gasteiger partial charge is 0.232 e. The number of nitrogens with zero attached hydrogens (tertiary/aromatic N) is 1. The third kappa shape index (κ3) is 5.55. The molecule has 0 spiro atoms. The summed E-state index contributed by atoms with van der Waals surface area (Å²) in [5, 5.41) is 0.296. The Labute approximate surface area is 124 Å². The Bertz CT molecular complexity index is 543. The lowest BCUT2D eigenvalue weighted by atomic mass is 9.94. The van der Waals surface area contributed by atoms with Gasteiger partial charge in [0.15, 0.2) is 5.15 Å². The Hall–Kier alpha value is -0.520. The molecular weight excluding hydrogens is 307 g/mol. The molecule has 1 rings (SSSR count). The predicted octanol–water partition coefficient (Wildman–Crippen LogP) is 3.87. The second kappa shape index (κ2) is 5.85. The first-order valence-corrected chi connectivity index (χ1v) is 8.24. The van der Waals surface area contributed by atoms with Gasteiger partial charge in [0, 0.05) is 0 Å². The number of aryl methyl sites for hydroxylation is 1. The van der Waals surface area contributed by atoms with Gasteiger partial charge in [-0.25, -0.2) is 13.4 Å². The number of rotatable bonds is 4. The lowest BCUT2D eigenvalue weighted by Crippen LogP contribution is -2.21. The summed E-state index contributed by atoms with van der Waals surface area (Å²) in [6, 6.07) is 1.56. The van der Waals surface area contributed by atoms with Crippen molar-refractivity contribution in [3.05, 3.63) is 21.9 Å². The molecule has 1 heterocycles. The summed E-state index contributed by atoms with van der Waals surface area (Å²) in [4.78, 5) is 3.83. The Morgan fingerprint density at radius 2 is 1.89 bits per heavy atom. The number of hydrogen-bond acceptors (Lipinski definition) is 3. The molecule has 0 amide bonds. The van der Waals surface area contributed by atoms with E-state index in [-0.39, 0.29) is 21.5 Å². The van der Waals surface area contributed by atoms with E-state index in [9.17, 15) is 8.42 Å². The van der Waals surface area contributed by atoms with Crippen molar-refractivity contribution in [2.45, 2.75) is 34.1 Å². The molecule has 4 nitrogen and oxygen atoms in total. The van der Waals surface area contributed by atoms with Crippen LogP contribution in [0.4, 0.5) is 5.69 Å². The van der Waals surface area contributed by atoms with E-state index in [2.05, 4.69) is 9.71 Å². The maximum Gasteiger partial charge on any atom is 0.232 e. The van der Waals surface area contributed by atoms with Gasteiger partial charge in [0.05, 0.1) is 11.4 Å². The van der Waals surface area contributed by atoms with Gasteiger partial charge >= 0.3 is 0 Å². The highest BCUT2D eigenvalue weighted by atomic mass is 35.5. The van der Waals surface area contributed by atoms with Gasteiger partial charge < -0.3 is 0 Å². The first-order valence-electron chi connectivity index (χ1n) is 5.83. The largest absolute Gasteiger partial charge is 0.280 e. The van der Waals surface area contributed by atoms with Crippen molar-refractivity contribution in [3.8, 4) is 0 Å². The molecule has 0 aliphatic heterocycles. The average Bonchev–Trinajstić information content (AvgIpc) is 2.20. The maximum absolute atomic E-state index is 12.0. The van der Waals surface area contributed by atoms with E-state index in [0.717, 1.165) is 0 Å². The predicted molar refractivity (Wildman–Crippen MR) is 80.5 cm³/mol. The van der Waals surface area contributed by atoms with Gasteiger partial charge in [0.2, 0.25) is 10.0 Å². The zero-order valence-electron chi connectivity index (χ0n) is 11.4. The molecule has 0 atom stereocenters. The molecule has 1 aromatic heterocycles. The summed E-state index contributed by atoms with van der Waals surface area (Å²) in [5.41, 5.74) is 0.885. The molecule has 0 aromatic carbocycles. The van der Waals surface area contributed by atoms with Gasteiger partial charge in [0.25, 0.3) is 0 Å². The number of sulfonamides is 1. The standard InChI is InChI=1S/C12H18Cl2N2O2S/c1-8-7-9(13)15-11(14)10(8)16-19(17,18)6-5-12(2,3)4/h7,16H,5-6H2,1-4H3. The van der Waals surface area contributed by atoms with Crippen LogP contribution in [0.5, 0.6) is 0 Å². The summed E-state index contributed by atoms with van der Waals surface area (Å²) in [5.74, 6) is 0.0366. The van der Waals surface area contributed by atoms with Crippen molar-refractivity contribution in [1.82, 2.24) is 4.98 Å². The topological polar surface area (TPSA) is 59.1 Å². The number of pyridine rings is 1. The van der Waals surface area contributed by atoms with E-state index < -0.39 is 10.0 Å². The fraction of sp³-hybridized carbons (Fsp3) is 0.583. The third-order valence-corrected chi connectivity index (χ3v) is 4.24. The number of hydrogen-bond donors (Lipinski definition) is 1. The molecule has 0 aliphatic rings. The summed E-state index contributed by atoms with van der Waals surface area (Å²) in [6.45, 7) is 7.70. The molecule has 0 radical (unpaired) electrons. The van der Waals surface area contributed by atoms with Crippen LogP contribution in [0.15, 0.2) is 6.07 Å². The monoisotopic (exact) mass is 324 g/mol. The molecule has 0 saturated heterocycles. The second-order valence-corrected chi connectivity index (χ2v) is 8.25. The number of nitrogens with one attached hydrogen (secondary N) is 1. The van der Waals surface area contributed by atoms with Crippen LogP contribution in [0.1, 0.15) is 32.8 Å². The Morgan fingerprint density at radius 1 is 1.32 bits per heavy atom. The fourth-order valence-corrected chi connectivity index (χ4v) is 3.55. The summed E-state index contributed by atoms with van der Waals surface area (Å²) >= 11 is 11.7. The summed E-state index contributed by atoms with van der Waals surface area (Å²) in [7, 11) is -3.44. The average molecular weight is 325 g/mol. The van der Waals surface area contributed by atoms with Crippen LogP contribution in [-0.2, 0) is 10.0 Å². The molecule has 0 saturated carbocycles. The Balaban J connectivity index is 2.90. The van der Waals surface area contributed by atoms with Crippen LogP contribution in [0.25, 0.3) is 0 Å². The van der Waals surface area contributed by atoms with Crippen molar-refractivity contribution in [1.29, 1.82) is 0 Å². The van der Waals surface area contributed by atoms with Gasteiger partial charge in [-0.05, 0) is 30.4 Å². The van der Waals surface area contributed by atoms with E-state index in [1.54, 1.807) is 13.0 Å². The van der Waals surface area contributed by atoms with E-state index in [1.807, 2.05) is 20.8 Å². The van der Waals surface area contributed by atoms with Gasteiger partial charge in [-0.1, -0.05) is 44.0 Å². The molecule has 19 heavy (non-hydrogen) atoms. The minimum absolute atomic E-state index is 0.0366. The van der Waals surface area contributed by atoms with E-state index in [4.69, 9.17) is 23.2 Å². The summed E-state index contributed by atoms with van der Waals surface area (Å²) in [6.07, 6.45) is 0.556. The molecule has 108 valence electrons. The maximum atomic E-state index is 12.0. The van der Waals surface area contributed by atoms with Gasteiger partial charge in [0.1, 0.15) is 5.15 Å². The van der Waals surface area contributed by atoms with Crippen LogP contribution in [0.3, 0.4) is 0 Å². The van der Waals surface area contributed by atoms with Gasteiger partial charge in [-0.3, -0.25) is 4.72 Å². The van der Waals surface area contributed by atoms with Gasteiger partial charge in [-0.15, -0.1) is 0 Å². The van der Waals surface area contributed by atoms with Crippen molar-refractivity contribution in [3.63, 3.8) is 0 Å². The Morgan fingerprint density at radius 3 is 2.37 bits per heavy atom. The Kier molecular flexibility index (Phi) is 5.09. The third-order valence-electron chi connectivity index (χ3n) is 2.52. The first-order chi connectivity index (χ1) is 8.50. The molecule has 0 bridgehead atoms. The molecule has 7 heteroatoms. The van der Waals surface area contributed by atoms with Crippen LogP contribution in [0.2, 0.25) is 10.3 Å². The minimum Gasteiger partial charge on any atom is -0.280 e. The van der Waals surface area contributed by atoms with Crippen molar-refractivity contribution < 1.29 is 8.42 Å². The fourth-order valence-electron chi connectivity index (χ4n) is 1.37. The minimum atomic E-state index is -3.44. The zero-order chi connectivity index (χ0) is 14.8. The summed E-state index contributed by atoms with van der Waals surface area (Å²) < 4.78 is 26.5. The second-order valence-electron chi connectivity index (χ2n) is 5.66. The molecule has 0 aliphatic carbocycles. The molecular formula is C12H18Cl2N2O2S. The van der Waals surface area contributed by atoms with E-state index in [0.29, 0.717) is 17.7 Å². The van der Waals surface area contributed by atoms with Crippen molar-refractivity contribution in [2.24, 2.45) is 5.41 Å². The molecule has 1 aromatic rings. The highest BCUT2D eigenvalue weighted by Crippen LogP contribution is 2.28. The molecule has 1 N–H and O–H groups in total. The van der Waals surface area contributed by atoms with Crippen LogP contribution < -0.4 is 4.72 Å². The van der Waals surface area contributed by atoms with Crippen molar-refractivity contribution in [2.75, 3.05) is 10.5 Å². The van der Waals surface area contributed by atoms with Gasteiger partial charge in [-0.2, -0.15) is 0 Å². The highest BCUT2D eigenvalue weighted by molar-refractivity contribution is 7.92. The SMILES string of the molecule is Cc1cc(Cl)nc(Cl)c1NS(=O)(=O)CCC(C)(C)C. The van der Waals surface area contributed by atoms with E-state index >= 15 is 0 Å². The van der Waals surface area contributed by atoms with Crippen LogP contribution in [-0.4, -0.2) is 19.2 Å². The van der Waals surface area contributed by atoms with E-state index in [1.165, 1.54) is 0 Å². The number of anilines is 1. The number of halogens is 2.